The zero-order valence-corrected chi connectivity index (χ0v) is 6.13. The number of amides is 1. The summed E-state index contributed by atoms with van der Waals surface area (Å²) in [5.41, 5.74) is 1.46. The normalized spacial score (nSPS) is 9.18. The lowest BCUT2D eigenvalue weighted by atomic mass is 10.2. The number of rotatable bonds is 1. The lowest BCUT2D eigenvalue weighted by molar-refractivity contribution is 0.185. The predicted molar refractivity (Wildman–Crippen MR) is 40.9 cm³/mol. The molecular formula is C8H8NO2. The number of benzene rings is 1. The van der Waals surface area contributed by atoms with Crippen molar-refractivity contribution >= 4 is 11.8 Å². The number of carbonyl (C=O) groups excluding carboxylic acids is 1. The van der Waals surface area contributed by atoms with E-state index in [1.807, 2.05) is 19.1 Å². The molecule has 0 aliphatic carbocycles. The zero-order valence-electron chi connectivity index (χ0n) is 6.13. The molecule has 0 fully saturated rings. The van der Waals surface area contributed by atoms with Crippen molar-refractivity contribution in [3.63, 3.8) is 0 Å². The molecule has 0 saturated carbocycles. The molecule has 0 saturated heterocycles. The van der Waals surface area contributed by atoms with Gasteiger partial charge in [-0.1, -0.05) is 18.2 Å². The van der Waals surface area contributed by atoms with Crippen LogP contribution >= 0.6 is 0 Å². The summed E-state index contributed by atoms with van der Waals surface area (Å²) < 4.78 is 0. The van der Waals surface area contributed by atoms with Crippen LogP contribution in [-0.4, -0.2) is 6.09 Å². The molecule has 0 bridgehead atoms. The van der Waals surface area contributed by atoms with Crippen molar-refractivity contribution in [1.29, 1.82) is 0 Å². The Kier molecular flexibility index (Phi) is 2.11. The van der Waals surface area contributed by atoms with Crippen LogP contribution in [0.15, 0.2) is 24.3 Å². The van der Waals surface area contributed by atoms with Crippen molar-refractivity contribution in [2.45, 2.75) is 6.92 Å². The highest BCUT2D eigenvalue weighted by molar-refractivity contribution is 5.83. The maximum absolute atomic E-state index is 10.1. The lowest BCUT2D eigenvalue weighted by Crippen LogP contribution is -2.06. The fourth-order valence-electron chi connectivity index (χ4n) is 0.823. The van der Waals surface area contributed by atoms with Crippen LogP contribution in [0, 0.1) is 6.92 Å². The van der Waals surface area contributed by atoms with E-state index in [-0.39, 0.29) is 0 Å². The van der Waals surface area contributed by atoms with Crippen LogP contribution in [0.25, 0.3) is 0 Å². The van der Waals surface area contributed by atoms with Crippen molar-refractivity contribution in [3.05, 3.63) is 29.8 Å². The first-order chi connectivity index (χ1) is 5.20. The molecule has 1 N–H and O–H groups in total. The summed E-state index contributed by atoms with van der Waals surface area (Å²) >= 11 is 0. The van der Waals surface area contributed by atoms with E-state index in [4.69, 9.17) is 0 Å². The summed E-state index contributed by atoms with van der Waals surface area (Å²) in [6.45, 7) is 1.82. The number of carbonyl (C=O) groups is 1. The van der Waals surface area contributed by atoms with E-state index in [0.29, 0.717) is 5.69 Å². The van der Waals surface area contributed by atoms with Gasteiger partial charge in [0.25, 0.3) is 0 Å². The molecule has 1 aromatic rings. The molecule has 1 aromatic carbocycles. The molecule has 0 atom stereocenters. The molecule has 0 aliphatic heterocycles. The first-order valence-corrected chi connectivity index (χ1v) is 3.24. The van der Waals surface area contributed by atoms with Crippen LogP contribution in [0.3, 0.4) is 0 Å². The third-order valence-electron chi connectivity index (χ3n) is 1.38. The van der Waals surface area contributed by atoms with Gasteiger partial charge in [-0.05, 0) is 18.6 Å². The van der Waals surface area contributed by atoms with E-state index in [9.17, 15) is 9.90 Å². The van der Waals surface area contributed by atoms with Gasteiger partial charge in [0.1, 0.15) is 0 Å². The smallest absolute Gasteiger partial charge is 0.288 e. The van der Waals surface area contributed by atoms with E-state index < -0.39 is 6.09 Å². The first-order valence-electron chi connectivity index (χ1n) is 3.24. The van der Waals surface area contributed by atoms with E-state index in [0.717, 1.165) is 5.56 Å². The second-order valence-corrected chi connectivity index (χ2v) is 2.23. The van der Waals surface area contributed by atoms with Crippen LogP contribution in [0.2, 0.25) is 0 Å². The first kappa shape index (κ1) is 7.60. The molecule has 0 spiro atoms. The predicted octanol–water partition coefficient (Wildman–Crippen LogP) is 1.96. The second-order valence-electron chi connectivity index (χ2n) is 2.23. The van der Waals surface area contributed by atoms with Gasteiger partial charge < -0.3 is 0 Å². The van der Waals surface area contributed by atoms with E-state index in [2.05, 4.69) is 5.32 Å². The Bertz CT molecular complexity index is 271. The number of hydrogen-bond donors (Lipinski definition) is 1. The molecule has 0 heterocycles. The SMILES string of the molecule is Cc1ccccc1NC([O])=O. The minimum Gasteiger partial charge on any atom is -0.288 e. The molecule has 57 valence electrons. The van der Waals surface area contributed by atoms with Gasteiger partial charge in [0.15, 0.2) is 0 Å². The van der Waals surface area contributed by atoms with Crippen molar-refractivity contribution in [2.75, 3.05) is 5.32 Å². The van der Waals surface area contributed by atoms with Gasteiger partial charge in [-0.25, -0.2) is 9.90 Å². The Morgan fingerprint density at radius 1 is 1.36 bits per heavy atom. The summed E-state index contributed by atoms with van der Waals surface area (Å²) in [5, 5.41) is 12.3. The zero-order chi connectivity index (χ0) is 8.27. The van der Waals surface area contributed by atoms with Gasteiger partial charge in [-0.3, -0.25) is 5.32 Å². The summed E-state index contributed by atoms with van der Waals surface area (Å²) in [4.78, 5) is 10.1. The van der Waals surface area contributed by atoms with Crippen LogP contribution in [0.1, 0.15) is 5.56 Å². The second kappa shape index (κ2) is 3.05. The third-order valence-corrected chi connectivity index (χ3v) is 1.38. The number of nitrogens with one attached hydrogen (secondary N) is 1. The highest BCUT2D eigenvalue weighted by atomic mass is 16.4. The summed E-state index contributed by atoms with van der Waals surface area (Å²) in [7, 11) is 0. The molecule has 0 aliphatic rings. The van der Waals surface area contributed by atoms with Crippen molar-refractivity contribution in [3.8, 4) is 0 Å². The molecule has 11 heavy (non-hydrogen) atoms. The molecule has 3 heteroatoms. The number of hydrogen-bond acceptors (Lipinski definition) is 1. The van der Waals surface area contributed by atoms with Crippen LogP contribution < -0.4 is 5.32 Å². The van der Waals surface area contributed by atoms with Crippen molar-refractivity contribution in [2.24, 2.45) is 0 Å². The van der Waals surface area contributed by atoms with Crippen molar-refractivity contribution in [1.82, 2.24) is 0 Å². The lowest BCUT2D eigenvalue weighted by Gasteiger charge is -2.01. The fourth-order valence-corrected chi connectivity index (χ4v) is 0.823. The highest BCUT2D eigenvalue weighted by Crippen LogP contribution is 2.12. The minimum absolute atomic E-state index is 0.576. The van der Waals surface area contributed by atoms with Gasteiger partial charge in [0.05, 0.1) is 0 Å². The van der Waals surface area contributed by atoms with Crippen LogP contribution in [-0.2, 0) is 5.11 Å². The van der Waals surface area contributed by atoms with Gasteiger partial charge in [-0.2, -0.15) is 0 Å². The molecule has 0 aromatic heterocycles. The number of anilines is 1. The van der Waals surface area contributed by atoms with Gasteiger partial charge >= 0.3 is 6.09 Å². The molecular weight excluding hydrogens is 142 g/mol. The fraction of sp³-hybridized carbons (Fsp3) is 0.125. The number of aryl methyl sites for hydroxylation is 1. The highest BCUT2D eigenvalue weighted by Gasteiger charge is 2.00. The third kappa shape index (κ3) is 1.97. The molecule has 1 rings (SSSR count). The molecule has 3 nitrogen and oxygen atoms in total. The summed E-state index contributed by atoms with van der Waals surface area (Å²) in [6, 6.07) is 7.12. The average Bonchev–Trinajstić information content (AvgIpc) is 1.93. The maximum atomic E-state index is 10.1. The Labute approximate surface area is 64.7 Å². The van der Waals surface area contributed by atoms with Crippen molar-refractivity contribution < 1.29 is 9.90 Å². The summed E-state index contributed by atoms with van der Waals surface area (Å²) in [5.74, 6) is 0. The van der Waals surface area contributed by atoms with Crippen LogP contribution in [0.5, 0.6) is 0 Å². The van der Waals surface area contributed by atoms with Gasteiger partial charge in [0, 0.05) is 5.69 Å². The monoisotopic (exact) mass is 150 g/mol. The van der Waals surface area contributed by atoms with Gasteiger partial charge in [0.2, 0.25) is 0 Å². The Morgan fingerprint density at radius 2 is 2.00 bits per heavy atom. The topological polar surface area (TPSA) is 49.0 Å². The standard InChI is InChI=1S/C8H8NO2/c1-6-4-2-3-5-7(6)9-8(10)11/h2-5,9H,1H3. The van der Waals surface area contributed by atoms with E-state index in [1.54, 1.807) is 12.1 Å². The van der Waals surface area contributed by atoms with Crippen LogP contribution in [0.4, 0.5) is 10.5 Å². The Balaban J connectivity index is 2.86. The largest absolute Gasteiger partial charge is 0.454 e. The average molecular weight is 150 g/mol. The Hall–Kier alpha value is -1.51. The van der Waals surface area contributed by atoms with E-state index in [1.165, 1.54) is 0 Å². The maximum Gasteiger partial charge on any atom is 0.454 e. The number of para-hydroxylation sites is 1. The molecule has 1 amide bonds. The van der Waals surface area contributed by atoms with Gasteiger partial charge in [-0.15, -0.1) is 0 Å². The van der Waals surface area contributed by atoms with E-state index >= 15 is 0 Å². The minimum atomic E-state index is -1.28. The molecule has 0 unspecified atom stereocenters. The summed E-state index contributed by atoms with van der Waals surface area (Å²) in [6.07, 6.45) is -1.28. The Morgan fingerprint density at radius 3 is 2.55 bits per heavy atom. The quantitative estimate of drug-likeness (QED) is 0.653. The molecule has 1 radical (unpaired) electrons.